The van der Waals surface area contributed by atoms with Crippen molar-refractivity contribution in [3.8, 4) is 22.6 Å². The van der Waals surface area contributed by atoms with Crippen molar-refractivity contribution in [1.82, 2.24) is 29.8 Å². The van der Waals surface area contributed by atoms with E-state index in [9.17, 15) is 17.6 Å². The number of rotatable bonds is 4. The second-order valence-corrected chi connectivity index (χ2v) is 6.20. The summed E-state index contributed by atoms with van der Waals surface area (Å²) in [5.74, 6) is -0.551. The van der Waals surface area contributed by atoms with Crippen LogP contribution < -0.4 is 0 Å². The van der Waals surface area contributed by atoms with E-state index >= 15 is 0 Å². The van der Waals surface area contributed by atoms with Crippen molar-refractivity contribution in [3.05, 3.63) is 72.2 Å². The van der Waals surface area contributed by atoms with Crippen molar-refractivity contribution >= 4 is 0 Å². The second kappa shape index (κ2) is 7.12. The molecule has 0 amide bonds. The molecular formula is C19H14F4N6. The molecule has 0 bridgehead atoms. The van der Waals surface area contributed by atoms with Crippen LogP contribution in [0.3, 0.4) is 0 Å². The van der Waals surface area contributed by atoms with Crippen LogP contribution in [0.2, 0.25) is 0 Å². The summed E-state index contributed by atoms with van der Waals surface area (Å²) in [5.41, 5.74) is 0.863. The first-order valence-corrected chi connectivity index (χ1v) is 8.65. The predicted octanol–water partition coefficient (Wildman–Crippen LogP) is 4.24. The third kappa shape index (κ3) is 3.48. The van der Waals surface area contributed by atoms with Gasteiger partial charge < -0.3 is 0 Å². The van der Waals surface area contributed by atoms with Gasteiger partial charge in [0.1, 0.15) is 11.4 Å². The normalized spacial score (nSPS) is 11.8. The Morgan fingerprint density at radius 2 is 1.79 bits per heavy atom. The van der Waals surface area contributed by atoms with Gasteiger partial charge in [0.15, 0.2) is 11.5 Å². The highest BCUT2D eigenvalue weighted by Crippen LogP contribution is 2.34. The van der Waals surface area contributed by atoms with E-state index in [4.69, 9.17) is 0 Å². The molecule has 0 aliphatic heterocycles. The number of aryl methyl sites for hydroxylation is 1. The predicted molar refractivity (Wildman–Crippen MR) is 96.1 cm³/mol. The molecule has 0 saturated carbocycles. The second-order valence-electron chi connectivity index (χ2n) is 6.20. The quantitative estimate of drug-likeness (QED) is 0.479. The first-order chi connectivity index (χ1) is 13.9. The van der Waals surface area contributed by atoms with E-state index in [2.05, 4.69) is 20.4 Å². The zero-order valence-electron chi connectivity index (χ0n) is 15.1. The first kappa shape index (κ1) is 18.8. The van der Waals surface area contributed by atoms with Gasteiger partial charge in [-0.15, -0.1) is 5.10 Å². The number of halogens is 4. The Kier molecular flexibility index (Phi) is 4.61. The van der Waals surface area contributed by atoms with Crippen molar-refractivity contribution < 1.29 is 17.6 Å². The molecule has 4 rings (SSSR count). The van der Waals surface area contributed by atoms with Gasteiger partial charge in [-0.05, 0) is 24.6 Å². The number of hydrogen-bond donors (Lipinski definition) is 0. The molecule has 3 aromatic heterocycles. The molecule has 29 heavy (non-hydrogen) atoms. The standard InChI is InChI=1S/C19H14F4N6/c1-2-12-9-25-29(18(12)19(21,22)23)14-5-3-13(4-6-14)16-11-28(27-26-16)17-7-8-24-10-15(17)20/h3-11H,2H2,1H3. The number of hydrogen-bond acceptors (Lipinski definition) is 4. The maximum Gasteiger partial charge on any atom is 0.433 e. The fourth-order valence-corrected chi connectivity index (χ4v) is 2.98. The Bertz CT molecular complexity index is 1140. The van der Waals surface area contributed by atoms with Crippen LogP contribution in [0.15, 0.2) is 55.1 Å². The number of pyridine rings is 1. The third-order valence-electron chi connectivity index (χ3n) is 4.39. The van der Waals surface area contributed by atoms with E-state index in [0.29, 0.717) is 11.3 Å². The fourth-order valence-electron chi connectivity index (χ4n) is 2.98. The highest BCUT2D eigenvalue weighted by molar-refractivity contribution is 5.60. The number of nitrogens with zero attached hydrogens (tertiary/aromatic N) is 6. The Morgan fingerprint density at radius 3 is 2.45 bits per heavy atom. The molecule has 3 heterocycles. The van der Waals surface area contributed by atoms with Crippen LogP contribution in [-0.2, 0) is 12.6 Å². The highest BCUT2D eigenvalue weighted by Gasteiger charge is 2.38. The van der Waals surface area contributed by atoms with Gasteiger partial charge in [0.2, 0.25) is 0 Å². The van der Waals surface area contributed by atoms with Gasteiger partial charge in [0.05, 0.1) is 24.3 Å². The van der Waals surface area contributed by atoms with E-state index in [1.807, 2.05) is 0 Å². The van der Waals surface area contributed by atoms with Crippen LogP contribution >= 0.6 is 0 Å². The molecule has 6 nitrogen and oxygen atoms in total. The average Bonchev–Trinajstić information content (AvgIpc) is 3.35. The molecule has 0 saturated heterocycles. The minimum absolute atomic E-state index is 0.129. The van der Waals surface area contributed by atoms with Gasteiger partial charge in [-0.2, -0.15) is 18.3 Å². The number of alkyl halides is 3. The van der Waals surface area contributed by atoms with Gasteiger partial charge in [0.25, 0.3) is 0 Å². The lowest BCUT2D eigenvalue weighted by Gasteiger charge is -2.12. The highest BCUT2D eigenvalue weighted by atomic mass is 19.4. The van der Waals surface area contributed by atoms with Crippen molar-refractivity contribution in [2.24, 2.45) is 0 Å². The Hall–Kier alpha value is -3.56. The summed E-state index contributed by atoms with van der Waals surface area (Å²) >= 11 is 0. The zero-order valence-corrected chi connectivity index (χ0v) is 15.1. The monoisotopic (exact) mass is 402 g/mol. The maximum atomic E-state index is 13.8. The lowest BCUT2D eigenvalue weighted by atomic mass is 10.1. The molecular weight excluding hydrogens is 388 g/mol. The summed E-state index contributed by atoms with van der Waals surface area (Å²) in [7, 11) is 0. The molecule has 0 radical (unpaired) electrons. The Morgan fingerprint density at radius 1 is 1.03 bits per heavy atom. The molecule has 148 valence electrons. The van der Waals surface area contributed by atoms with E-state index < -0.39 is 17.7 Å². The van der Waals surface area contributed by atoms with Crippen LogP contribution in [0.25, 0.3) is 22.6 Å². The van der Waals surface area contributed by atoms with E-state index in [1.165, 1.54) is 41.5 Å². The fraction of sp³-hybridized carbons (Fsp3) is 0.158. The third-order valence-corrected chi connectivity index (χ3v) is 4.39. The summed E-state index contributed by atoms with van der Waals surface area (Å²) in [4.78, 5) is 3.68. The molecule has 0 aliphatic carbocycles. The van der Waals surface area contributed by atoms with E-state index in [-0.39, 0.29) is 23.4 Å². The van der Waals surface area contributed by atoms with Gasteiger partial charge in [-0.1, -0.05) is 24.3 Å². The van der Waals surface area contributed by atoms with Crippen molar-refractivity contribution in [2.75, 3.05) is 0 Å². The lowest BCUT2D eigenvalue weighted by Crippen LogP contribution is -2.15. The average molecular weight is 402 g/mol. The van der Waals surface area contributed by atoms with Gasteiger partial charge in [0, 0.05) is 17.3 Å². The van der Waals surface area contributed by atoms with Gasteiger partial charge >= 0.3 is 6.18 Å². The largest absolute Gasteiger partial charge is 0.433 e. The van der Waals surface area contributed by atoms with Crippen molar-refractivity contribution in [1.29, 1.82) is 0 Å². The summed E-state index contributed by atoms with van der Waals surface area (Å²) in [5, 5.41) is 11.8. The summed E-state index contributed by atoms with van der Waals surface area (Å²) in [6.45, 7) is 1.65. The summed E-state index contributed by atoms with van der Waals surface area (Å²) in [6, 6.07) is 7.71. The van der Waals surface area contributed by atoms with Crippen LogP contribution in [0.4, 0.5) is 17.6 Å². The summed E-state index contributed by atoms with van der Waals surface area (Å²) < 4.78 is 56.3. The molecule has 0 spiro atoms. The van der Waals surface area contributed by atoms with Gasteiger partial charge in [-0.3, -0.25) is 4.98 Å². The van der Waals surface area contributed by atoms with Crippen LogP contribution in [0.1, 0.15) is 18.2 Å². The summed E-state index contributed by atoms with van der Waals surface area (Å²) in [6.07, 6.45) is 0.961. The van der Waals surface area contributed by atoms with E-state index in [0.717, 1.165) is 10.9 Å². The zero-order chi connectivity index (χ0) is 20.6. The maximum absolute atomic E-state index is 13.8. The van der Waals surface area contributed by atoms with Crippen molar-refractivity contribution in [3.63, 3.8) is 0 Å². The number of aromatic nitrogens is 6. The van der Waals surface area contributed by atoms with Crippen LogP contribution in [0, 0.1) is 5.82 Å². The number of benzene rings is 1. The topological polar surface area (TPSA) is 61.4 Å². The minimum atomic E-state index is -4.52. The molecule has 0 aliphatic rings. The molecule has 10 heteroatoms. The first-order valence-electron chi connectivity index (χ1n) is 8.65. The van der Waals surface area contributed by atoms with Crippen molar-refractivity contribution in [2.45, 2.75) is 19.5 Å². The van der Waals surface area contributed by atoms with Gasteiger partial charge in [-0.25, -0.2) is 13.8 Å². The molecule has 0 atom stereocenters. The molecule has 0 fully saturated rings. The molecule has 4 aromatic rings. The lowest BCUT2D eigenvalue weighted by molar-refractivity contribution is -0.143. The van der Waals surface area contributed by atoms with Crippen LogP contribution in [0.5, 0.6) is 0 Å². The van der Waals surface area contributed by atoms with Crippen LogP contribution in [-0.4, -0.2) is 29.8 Å². The van der Waals surface area contributed by atoms with E-state index in [1.54, 1.807) is 19.1 Å². The minimum Gasteiger partial charge on any atom is -0.262 e. The Balaban J connectivity index is 1.67. The smallest absolute Gasteiger partial charge is 0.262 e. The Labute approximate surface area is 162 Å². The molecule has 0 N–H and O–H groups in total. The molecule has 0 unspecified atom stereocenters. The SMILES string of the molecule is CCc1cnn(-c2ccc(-c3cn(-c4ccncc4F)nn3)cc2)c1C(F)(F)F. The molecule has 1 aromatic carbocycles.